The van der Waals surface area contributed by atoms with E-state index in [2.05, 4.69) is 10.3 Å². The molecule has 6 heteroatoms. The molecule has 3 rings (SSSR count). The number of methoxy groups -OCH3 is 1. The lowest BCUT2D eigenvalue weighted by molar-refractivity contribution is -0.116. The summed E-state index contributed by atoms with van der Waals surface area (Å²) in [6.45, 7) is 1.97. The first-order valence-corrected chi connectivity index (χ1v) is 8.87. The van der Waals surface area contributed by atoms with Crippen LogP contribution in [0.25, 0.3) is 0 Å². The minimum absolute atomic E-state index is 0.180. The number of pyridine rings is 1. The van der Waals surface area contributed by atoms with Gasteiger partial charge in [0.25, 0.3) is 0 Å². The second-order valence-electron chi connectivity index (χ2n) is 6.28. The molecule has 5 nitrogen and oxygen atoms in total. The van der Waals surface area contributed by atoms with E-state index >= 15 is 0 Å². The molecule has 144 valence electrons. The van der Waals surface area contributed by atoms with Gasteiger partial charge in [-0.05, 0) is 48.7 Å². The molecule has 0 aliphatic rings. The van der Waals surface area contributed by atoms with Crippen LogP contribution >= 0.6 is 0 Å². The van der Waals surface area contributed by atoms with Crippen LogP contribution in [-0.2, 0) is 11.2 Å². The normalized spacial score (nSPS) is 10.4. The lowest BCUT2D eigenvalue weighted by Crippen LogP contribution is -2.12. The van der Waals surface area contributed by atoms with Gasteiger partial charge in [0.1, 0.15) is 5.82 Å². The Morgan fingerprint density at radius 3 is 2.64 bits per heavy atom. The van der Waals surface area contributed by atoms with Crippen molar-refractivity contribution in [3.63, 3.8) is 0 Å². The van der Waals surface area contributed by atoms with E-state index < -0.39 is 0 Å². The molecule has 1 N–H and O–H groups in total. The highest BCUT2D eigenvalue weighted by molar-refractivity contribution is 5.90. The summed E-state index contributed by atoms with van der Waals surface area (Å²) in [5, 5.41) is 2.75. The van der Waals surface area contributed by atoms with Crippen molar-refractivity contribution in [2.75, 3.05) is 12.4 Å². The van der Waals surface area contributed by atoms with E-state index in [1.54, 1.807) is 37.4 Å². The summed E-state index contributed by atoms with van der Waals surface area (Å²) >= 11 is 0. The number of halogens is 1. The molecule has 1 aromatic heterocycles. The zero-order valence-corrected chi connectivity index (χ0v) is 15.7. The number of hydrogen-bond donors (Lipinski definition) is 1. The first kappa shape index (κ1) is 19.4. The number of amides is 1. The van der Waals surface area contributed by atoms with Gasteiger partial charge in [0.2, 0.25) is 11.8 Å². The number of anilines is 1. The highest BCUT2D eigenvalue weighted by Crippen LogP contribution is 2.31. The average Bonchev–Trinajstić information content (AvgIpc) is 2.70. The van der Waals surface area contributed by atoms with Crippen molar-refractivity contribution in [3.05, 3.63) is 77.7 Å². The van der Waals surface area contributed by atoms with Crippen LogP contribution in [-0.4, -0.2) is 18.0 Å². The van der Waals surface area contributed by atoms with E-state index in [1.165, 1.54) is 12.3 Å². The van der Waals surface area contributed by atoms with E-state index in [4.69, 9.17) is 9.47 Å². The lowest BCUT2D eigenvalue weighted by Gasteiger charge is -2.11. The molecule has 0 atom stereocenters. The summed E-state index contributed by atoms with van der Waals surface area (Å²) < 4.78 is 24.7. The second kappa shape index (κ2) is 8.99. The number of carbonyl (C=O) groups is 1. The van der Waals surface area contributed by atoms with Crippen molar-refractivity contribution in [1.82, 2.24) is 4.98 Å². The van der Waals surface area contributed by atoms with Gasteiger partial charge < -0.3 is 14.8 Å². The number of hydrogen-bond acceptors (Lipinski definition) is 4. The van der Waals surface area contributed by atoms with Crippen LogP contribution in [0.4, 0.5) is 10.1 Å². The molecule has 0 saturated carbocycles. The molecule has 0 spiro atoms. The van der Waals surface area contributed by atoms with Crippen LogP contribution in [0.2, 0.25) is 0 Å². The molecule has 0 aliphatic heterocycles. The first-order chi connectivity index (χ1) is 13.5. The van der Waals surface area contributed by atoms with Crippen molar-refractivity contribution < 1.29 is 18.7 Å². The quantitative estimate of drug-likeness (QED) is 0.633. The van der Waals surface area contributed by atoms with Gasteiger partial charge in [-0.3, -0.25) is 4.79 Å². The minimum atomic E-state index is -0.301. The molecule has 1 amide bonds. The Kier molecular flexibility index (Phi) is 6.22. The van der Waals surface area contributed by atoms with Crippen molar-refractivity contribution in [2.45, 2.75) is 19.8 Å². The van der Waals surface area contributed by atoms with E-state index in [1.807, 2.05) is 25.1 Å². The standard InChI is InChI=1S/C22H21FN2O3/c1-15-7-10-19(20(13-15)27-2)28-22-12-9-17(14-24-22)25-21(26)11-8-16-5-3-4-6-18(16)23/h3-7,9-10,12-14H,8,11H2,1-2H3,(H,25,26). The van der Waals surface area contributed by atoms with Crippen molar-refractivity contribution in [2.24, 2.45) is 0 Å². The maximum absolute atomic E-state index is 13.6. The van der Waals surface area contributed by atoms with Crippen LogP contribution in [0.3, 0.4) is 0 Å². The maximum Gasteiger partial charge on any atom is 0.224 e. The van der Waals surface area contributed by atoms with Crippen molar-refractivity contribution in [1.29, 1.82) is 0 Å². The van der Waals surface area contributed by atoms with Crippen LogP contribution < -0.4 is 14.8 Å². The van der Waals surface area contributed by atoms with Gasteiger partial charge in [0.15, 0.2) is 11.5 Å². The molecule has 0 aliphatic carbocycles. The van der Waals surface area contributed by atoms with E-state index in [0.717, 1.165) is 5.56 Å². The fourth-order valence-electron chi connectivity index (χ4n) is 2.66. The Labute approximate surface area is 163 Å². The number of rotatable bonds is 7. The Hall–Kier alpha value is -3.41. The zero-order valence-electron chi connectivity index (χ0n) is 15.7. The molecular formula is C22H21FN2O3. The summed E-state index contributed by atoms with van der Waals surface area (Å²) in [5.41, 5.74) is 2.12. The molecule has 0 fully saturated rings. The van der Waals surface area contributed by atoms with Gasteiger partial charge >= 0.3 is 0 Å². The van der Waals surface area contributed by atoms with E-state index in [9.17, 15) is 9.18 Å². The first-order valence-electron chi connectivity index (χ1n) is 8.87. The third kappa shape index (κ3) is 5.07. The summed E-state index contributed by atoms with van der Waals surface area (Å²) in [6, 6.07) is 15.4. The largest absolute Gasteiger partial charge is 0.493 e. The number of nitrogens with zero attached hydrogens (tertiary/aromatic N) is 1. The van der Waals surface area contributed by atoms with Crippen LogP contribution in [0.15, 0.2) is 60.8 Å². The third-order valence-corrected chi connectivity index (χ3v) is 4.13. The summed E-state index contributed by atoms with van der Waals surface area (Å²) in [5.74, 6) is 1.05. The smallest absolute Gasteiger partial charge is 0.224 e. The van der Waals surface area contributed by atoms with Gasteiger partial charge in [0.05, 0.1) is 19.0 Å². The molecule has 0 saturated heterocycles. The van der Waals surface area contributed by atoms with Crippen molar-refractivity contribution >= 4 is 11.6 Å². The zero-order chi connectivity index (χ0) is 19.9. The Balaban J connectivity index is 1.57. The molecule has 28 heavy (non-hydrogen) atoms. The average molecular weight is 380 g/mol. The summed E-state index contributed by atoms with van der Waals surface area (Å²) in [6.07, 6.45) is 2.02. The predicted octanol–water partition coefficient (Wildman–Crippen LogP) is 4.90. The summed E-state index contributed by atoms with van der Waals surface area (Å²) in [7, 11) is 1.58. The number of nitrogens with one attached hydrogen (secondary N) is 1. The van der Waals surface area contributed by atoms with Crippen molar-refractivity contribution in [3.8, 4) is 17.4 Å². The van der Waals surface area contributed by atoms with E-state index in [-0.39, 0.29) is 18.1 Å². The van der Waals surface area contributed by atoms with Gasteiger partial charge in [0, 0.05) is 12.5 Å². The summed E-state index contributed by atoms with van der Waals surface area (Å²) in [4.78, 5) is 16.3. The number of benzene rings is 2. The fraction of sp³-hybridized carbons (Fsp3) is 0.182. The predicted molar refractivity (Wildman–Crippen MR) is 105 cm³/mol. The Morgan fingerprint density at radius 2 is 1.93 bits per heavy atom. The van der Waals surface area contributed by atoms with Gasteiger partial charge in [-0.15, -0.1) is 0 Å². The highest BCUT2D eigenvalue weighted by Gasteiger charge is 2.09. The van der Waals surface area contributed by atoms with Gasteiger partial charge in [-0.25, -0.2) is 9.37 Å². The van der Waals surface area contributed by atoms with Gasteiger partial charge in [-0.2, -0.15) is 0 Å². The van der Waals surface area contributed by atoms with Gasteiger partial charge in [-0.1, -0.05) is 24.3 Å². The number of aryl methyl sites for hydroxylation is 2. The highest BCUT2D eigenvalue weighted by atomic mass is 19.1. The molecule has 0 bridgehead atoms. The number of aromatic nitrogens is 1. The molecule has 2 aromatic carbocycles. The number of ether oxygens (including phenoxy) is 2. The third-order valence-electron chi connectivity index (χ3n) is 4.13. The molecule has 3 aromatic rings. The monoisotopic (exact) mass is 380 g/mol. The van der Waals surface area contributed by atoms with E-state index in [0.29, 0.717) is 35.1 Å². The molecular weight excluding hydrogens is 359 g/mol. The molecule has 0 unspecified atom stereocenters. The number of carbonyl (C=O) groups excluding carboxylic acids is 1. The minimum Gasteiger partial charge on any atom is -0.493 e. The fourth-order valence-corrected chi connectivity index (χ4v) is 2.66. The van der Waals surface area contributed by atoms with Crippen LogP contribution in [0.5, 0.6) is 17.4 Å². The molecule has 0 radical (unpaired) electrons. The molecule has 1 heterocycles. The Morgan fingerprint density at radius 1 is 1.11 bits per heavy atom. The second-order valence-corrected chi connectivity index (χ2v) is 6.28. The maximum atomic E-state index is 13.6. The van der Waals surface area contributed by atoms with Crippen LogP contribution in [0.1, 0.15) is 17.5 Å². The lowest BCUT2D eigenvalue weighted by atomic mass is 10.1. The van der Waals surface area contributed by atoms with Crippen LogP contribution in [0, 0.1) is 12.7 Å². The topological polar surface area (TPSA) is 60.5 Å². The Bertz CT molecular complexity index is 958. The SMILES string of the molecule is COc1cc(C)ccc1Oc1ccc(NC(=O)CCc2ccccc2F)cn1.